The highest BCUT2D eigenvalue weighted by Gasteiger charge is 2.37. The lowest BCUT2D eigenvalue weighted by molar-refractivity contribution is -0.0523. The van der Waals surface area contributed by atoms with Crippen molar-refractivity contribution in [3.05, 3.63) is 58.9 Å². The molecule has 1 saturated heterocycles. The molecular formula is C19H21FN2O4S. The highest BCUT2D eigenvalue weighted by Crippen LogP contribution is 2.22. The first-order valence-electron chi connectivity index (χ1n) is 8.40. The molecular weight excluding hydrogens is 371 g/mol. The summed E-state index contributed by atoms with van der Waals surface area (Å²) < 4.78 is 46.4. The Morgan fingerprint density at radius 1 is 1.15 bits per heavy atom. The van der Waals surface area contributed by atoms with E-state index in [0.717, 1.165) is 0 Å². The van der Waals surface area contributed by atoms with Gasteiger partial charge in [-0.05, 0) is 62.2 Å². The molecule has 0 aliphatic carbocycles. The zero-order valence-corrected chi connectivity index (χ0v) is 16.1. The molecule has 2 aromatic carbocycles. The third kappa shape index (κ3) is 4.18. The fourth-order valence-electron chi connectivity index (χ4n) is 2.77. The zero-order chi connectivity index (χ0) is 19.8. The van der Waals surface area contributed by atoms with E-state index in [0.29, 0.717) is 30.0 Å². The minimum Gasteiger partial charge on any atom is -0.377 e. The summed E-state index contributed by atoms with van der Waals surface area (Å²) in [6.07, 6.45) is 0. The number of hydrogen-bond acceptors (Lipinski definition) is 4. The Morgan fingerprint density at radius 3 is 2.48 bits per heavy atom. The number of carbonyl (C=O) groups is 1. The molecule has 0 spiro atoms. The van der Waals surface area contributed by atoms with E-state index in [9.17, 15) is 17.6 Å². The van der Waals surface area contributed by atoms with E-state index in [-0.39, 0.29) is 16.3 Å². The van der Waals surface area contributed by atoms with Crippen LogP contribution in [0, 0.1) is 19.7 Å². The van der Waals surface area contributed by atoms with Crippen molar-refractivity contribution in [2.24, 2.45) is 0 Å². The van der Waals surface area contributed by atoms with Gasteiger partial charge in [-0.2, -0.15) is 0 Å². The van der Waals surface area contributed by atoms with Gasteiger partial charge in [-0.15, -0.1) is 0 Å². The Kier molecular flexibility index (Phi) is 5.07. The Bertz CT molecular complexity index is 1000. The smallest absolute Gasteiger partial charge is 0.255 e. The summed E-state index contributed by atoms with van der Waals surface area (Å²) in [6, 6.07) is 8.65. The quantitative estimate of drug-likeness (QED) is 0.820. The largest absolute Gasteiger partial charge is 0.377 e. The van der Waals surface area contributed by atoms with Gasteiger partial charge in [-0.3, -0.25) is 4.79 Å². The molecule has 1 aliphatic rings. The fourth-order valence-corrected chi connectivity index (χ4v) is 4.19. The molecule has 1 amide bonds. The van der Waals surface area contributed by atoms with Gasteiger partial charge in [-0.1, -0.05) is 6.07 Å². The lowest BCUT2D eigenvalue weighted by atomic mass is 10.0. The standard InChI is InChI=1S/C19H21FN2O4S/c1-12-8-17(13(2)7-16(12)20)21-18(23)14-5-4-6-15(9-14)27(24,25)22-19(3)10-26-11-19/h4-9,22H,10-11H2,1-3H3,(H,21,23). The van der Waals surface area contributed by atoms with Crippen molar-refractivity contribution in [2.75, 3.05) is 18.5 Å². The molecule has 1 heterocycles. The molecule has 1 aliphatic heterocycles. The Morgan fingerprint density at radius 2 is 1.85 bits per heavy atom. The van der Waals surface area contributed by atoms with Crippen LogP contribution in [0.1, 0.15) is 28.4 Å². The van der Waals surface area contributed by atoms with Crippen molar-refractivity contribution < 1.29 is 22.3 Å². The second-order valence-corrected chi connectivity index (χ2v) is 8.74. The number of benzene rings is 2. The van der Waals surface area contributed by atoms with Gasteiger partial charge in [0.05, 0.1) is 23.6 Å². The van der Waals surface area contributed by atoms with Crippen LogP contribution >= 0.6 is 0 Å². The van der Waals surface area contributed by atoms with E-state index < -0.39 is 21.5 Å². The van der Waals surface area contributed by atoms with Gasteiger partial charge in [0.1, 0.15) is 5.82 Å². The molecule has 2 aromatic rings. The first-order chi connectivity index (χ1) is 12.6. The van der Waals surface area contributed by atoms with Crippen LogP contribution < -0.4 is 10.0 Å². The third-order valence-corrected chi connectivity index (χ3v) is 6.02. The fraction of sp³-hybridized carbons (Fsp3) is 0.316. The maximum atomic E-state index is 13.6. The van der Waals surface area contributed by atoms with Crippen molar-refractivity contribution >= 4 is 21.6 Å². The lowest BCUT2D eigenvalue weighted by Crippen LogP contribution is -2.59. The van der Waals surface area contributed by atoms with Crippen LogP contribution in [-0.4, -0.2) is 33.1 Å². The number of nitrogens with one attached hydrogen (secondary N) is 2. The highest BCUT2D eigenvalue weighted by molar-refractivity contribution is 7.89. The topological polar surface area (TPSA) is 84.5 Å². The van der Waals surface area contributed by atoms with Gasteiger partial charge in [-0.25, -0.2) is 17.5 Å². The van der Waals surface area contributed by atoms with Crippen LogP contribution in [0.5, 0.6) is 0 Å². The minimum atomic E-state index is -3.79. The molecule has 0 bridgehead atoms. The van der Waals surface area contributed by atoms with Crippen LogP contribution in [0.2, 0.25) is 0 Å². The normalized spacial score (nSPS) is 15.9. The van der Waals surface area contributed by atoms with E-state index in [2.05, 4.69) is 10.0 Å². The van der Waals surface area contributed by atoms with E-state index in [1.807, 2.05) is 0 Å². The van der Waals surface area contributed by atoms with E-state index >= 15 is 0 Å². The number of carbonyl (C=O) groups excluding carboxylic acids is 1. The Balaban J connectivity index is 1.83. The second kappa shape index (κ2) is 7.03. The van der Waals surface area contributed by atoms with Gasteiger partial charge in [0.25, 0.3) is 5.91 Å². The van der Waals surface area contributed by atoms with Crippen LogP contribution in [0.15, 0.2) is 41.3 Å². The van der Waals surface area contributed by atoms with Crippen molar-refractivity contribution in [2.45, 2.75) is 31.2 Å². The van der Waals surface area contributed by atoms with Gasteiger partial charge >= 0.3 is 0 Å². The molecule has 27 heavy (non-hydrogen) atoms. The first kappa shape index (κ1) is 19.5. The van der Waals surface area contributed by atoms with Gasteiger partial charge in [0.15, 0.2) is 0 Å². The maximum Gasteiger partial charge on any atom is 0.255 e. The number of halogens is 1. The monoisotopic (exact) mass is 392 g/mol. The second-order valence-electron chi connectivity index (χ2n) is 7.06. The van der Waals surface area contributed by atoms with E-state index in [4.69, 9.17) is 4.74 Å². The number of ether oxygens (including phenoxy) is 1. The molecule has 6 nitrogen and oxygen atoms in total. The molecule has 0 aromatic heterocycles. The molecule has 8 heteroatoms. The number of hydrogen-bond donors (Lipinski definition) is 2. The van der Waals surface area contributed by atoms with Crippen molar-refractivity contribution in [3.63, 3.8) is 0 Å². The van der Waals surface area contributed by atoms with Gasteiger partial charge < -0.3 is 10.1 Å². The van der Waals surface area contributed by atoms with Gasteiger partial charge in [0.2, 0.25) is 10.0 Å². The summed E-state index contributed by atoms with van der Waals surface area (Å²) in [5.74, 6) is -0.822. The van der Waals surface area contributed by atoms with Crippen molar-refractivity contribution in [1.82, 2.24) is 4.72 Å². The predicted octanol–water partition coefficient (Wildman–Crippen LogP) is 2.76. The third-order valence-electron chi connectivity index (χ3n) is 4.38. The summed E-state index contributed by atoms with van der Waals surface area (Å²) in [4.78, 5) is 12.5. The molecule has 2 N–H and O–H groups in total. The maximum absolute atomic E-state index is 13.6. The summed E-state index contributed by atoms with van der Waals surface area (Å²) in [5.41, 5.74) is 1.01. The van der Waals surface area contributed by atoms with Crippen LogP contribution in [-0.2, 0) is 14.8 Å². The molecule has 0 saturated carbocycles. The zero-order valence-electron chi connectivity index (χ0n) is 15.3. The summed E-state index contributed by atoms with van der Waals surface area (Å²) >= 11 is 0. The molecule has 0 unspecified atom stereocenters. The summed E-state index contributed by atoms with van der Waals surface area (Å²) in [7, 11) is -3.79. The first-order valence-corrected chi connectivity index (χ1v) is 9.88. The number of rotatable bonds is 5. The Labute approximate surface area is 157 Å². The molecule has 1 fully saturated rings. The number of sulfonamides is 1. The predicted molar refractivity (Wildman–Crippen MR) is 99.8 cm³/mol. The molecule has 0 atom stereocenters. The van der Waals surface area contributed by atoms with E-state index in [1.165, 1.54) is 30.3 Å². The van der Waals surface area contributed by atoms with Crippen LogP contribution in [0.3, 0.4) is 0 Å². The molecule has 144 valence electrons. The van der Waals surface area contributed by atoms with Gasteiger partial charge in [0, 0.05) is 11.3 Å². The lowest BCUT2D eigenvalue weighted by Gasteiger charge is -2.38. The van der Waals surface area contributed by atoms with E-state index in [1.54, 1.807) is 26.8 Å². The van der Waals surface area contributed by atoms with Crippen molar-refractivity contribution in [1.29, 1.82) is 0 Å². The number of anilines is 1. The minimum absolute atomic E-state index is 0.00437. The van der Waals surface area contributed by atoms with Crippen LogP contribution in [0.4, 0.5) is 10.1 Å². The number of aryl methyl sites for hydroxylation is 2. The molecule has 0 radical (unpaired) electrons. The average Bonchev–Trinajstić information content (AvgIpc) is 2.58. The number of amides is 1. The Hall–Kier alpha value is -2.29. The highest BCUT2D eigenvalue weighted by atomic mass is 32.2. The average molecular weight is 392 g/mol. The SMILES string of the molecule is Cc1cc(NC(=O)c2cccc(S(=O)(=O)NC3(C)COC3)c2)c(C)cc1F. The van der Waals surface area contributed by atoms with Crippen molar-refractivity contribution in [3.8, 4) is 0 Å². The summed E-state index contributed by atoms with van der Waals surface area (Å²) in [5, 5.41) is 2.70. The van der Waals surface area contributed by atoms with Crippen LogP contribution in [0.25, 0.3) is 0 Å². The molecule has 3 rings (SSSR count). The summed E-state index contributed by atoms with van der Waals surface area (Å²) in [6.45, 7) is 5.65.